The molecule has 1 fully saturated rings. The van der Waals surface area contributed by atoms with Gasteiger partial charge in [-0.15, -0.1) is 0 Å². The highest BCUT2D eigenvalue weighted by molar-refractivity contribution is 5.66. The van der Waals surface area contributed by atoms with Crippen molar-refractivity contribution >= 4 is 5.82 Å². The van der Waals surface area contributed by atoms with E-state index in [4.69, 9.17) is 0 Å². The minimum absolute atomic E-state index is 0.551. The van der Waals surface area contributed by atoms with E-state index in [1.54, 1.807) is 6.20 Å². The van der Waals surface area contributed by atoms with E-state index in [-0.39, 0.29) is 0 Å². The maximum atomic E-state index is 4.69. The summed E-state index contributed by atoms with van der Waals surface area (Å²) >= 11 is 0. The number of nitrogens with zero attached hydrogens (tertiary/aromatic N) is 3. The largest absolute Gasteiger partial charge is 0.367 e. The highest BCUT2D eigenvalue weighted by Crippen LogP contribution is 2.27. The van der Waals surface area contributed by atoms with Crippen LogP contribution in [0.3, 0.4) is 0 Å². The Bertz CT molecular complexity index is 710. The molecule has 2 aromatic heterocycles. The monoisotopic (exact) mass is 288 g/mol. The minimum atomic E-state index is 0.551. The van der Waals surface area contributed by atoms with E-state index in [2.05, 4.69) is 32.4 Å². The number of nitrogens with one attached hydrogen (secondary N) is 1. The van der Waals surface area contributed by atoms with Gasteiger partial charge in [-0.2, -0.15) is 0 Å². The third-order valence-corrected chi connectivity index (χ3v) is 3.62. The fraction of sp³-hybridized carbons (Fsp3) is 0.167. The van der Waals surface area contributed by atoms with Gasteiger partial charge < -0.3 is 5.32 Å². The summed E-state index contributed by atoms with van der Waals surface area (Å²) in [6, 6.07) is 18.5. The van der Waals surface area contributed by atoms with Crippen LogP contribution in [0, 0.1) is 0 Å². The van der Waals surface area contributed by atoms with Crippen LogP contribution >= 0.6 is 0 Å². The van der Waals surface area contributed by atoms with Crippen LogP contribution in [0.15, 0.2) is 60.8 Å². The summed E-state index contributed by atoms with van der Waals surface area (Å²) in [5, 5.41) is 3.46. The van der Waals surface area contributed by atoms with Crippen molar-refractivity contribution in [2.45, 2.75) is 18.9 Å². The number of pyridine rings is 1. The van der Waals surface area contributed by atoms with Crippen LogP contribution in [0.2, 0.25) is 0 Å². The summed E-state index contributed by atoms with van der Waals surface area (Å²) in [4.78, 5) is 13.7. The van der Waals surface area contributed by atoms with Crippen LogP contribution in [0.5, 0.6) is 0 Å². The summed E-state index contributed by atoms with van der Waals surface area (Å²) in [5.41, 5.74) is 2.79. The molecule has 4 nitrogen and oxygen atoms in total. The van der Waals surface area contributed by atoms with Gasteiger partial charge in [-0.05, 0) is 25.0 Å². The Balaban J connectivity index is 1.80. The van der Waals surface area contributed by atoms with Crippen molar-refractivity contribution in [2.75, 3.05) is 5.32 Å². The average Bonchev–Trinajstić information content (AvgIpc) is 3.40. The number of benzene rings is 1. The van der Waals surface area contributed by atoms with Crippen molar-refractivity contribution in [3.05, 3.63) is 60.8 Å². The zero-order valence-electron chi connectivity index (χ0n) is 12.1. The second-order valence-corrected chi connectivity index (χ2v) is 5.46. The highest BCUT2D eigenvalue weighted by Gasteiger charge is 2.22. The second-order valence-electron chi connectivity index (χ2n) is 5.46. The normalized spacial score (nSPS) is 13.8. The molecule has 1 aliphatic rings. The Morgan fingerprint density at radius 1 is 0.864 bits per heavy atom. The first kappa shape index (κ1) is 13.0. The molecule has 0 aliphatic heterocycles. The van der Waals surface area contributed by atoms with Gasteiger partial charge in [-0.25, -0.2) is 9.97 Å². The quantitative estimate of drug-likeness (QED) is 0.793. The lowest BCUT2D eigenvalue weighted by atomic mass is 10.1. The standard InChI is InChI=1S/C18H16N4/c1-2-6-13(7-3-1)16-12-17(20-14-9-10-14)22-18(21-16)15-8-4-5-11-19-15/h1-8,11-12,14H,9-10H2,(H,20,21,22). The Hall–Kier alpha value is -2.75. The predicted molar refractivity (Wildman–Crippen MR) is 87.3 cm³/mol. The lowest BCUT2D eigenvalue weighted by Crippen LogP contribution is -2.05. The van der Waals surface area contributed by atoms with E-state index in [0.29, 0.717) is 11.9 Å². The first-order chi connectivity index (χ1) is 10.9. The lowest BCUT2D eigenvalue weighted by molar-refractivity contribution is 1.08. The molecule has 1 aromatic carbocycles. The molecule has 0 atom stereocenters. The van der Waals surface area contributed by atoms with Crippen molar-refractivity contribution < 1.29 is 0 Å². The van der Waals surface area contributed by atoms with E-state index in [1.165, 1.54) is 12.8 Å². The number of rotatable bonds is 4. The molecule has 0 amide bonds. The topological polar surface area (TPSA) is 50.7 Å². The summed E-state index contributed by atoms with van der Waals surface area (Å²) in [6.45, 7) is 0. The lowest BCUT2D eigenvalue weighted by Gasteiger charge is -2.09. The second kappa shape index (κ2) is 5.56. The number of hydrogen-bond donors (Lipinski definition) is 1. The Morgan fingerprint density at radius 3 is 2.41 bits per heavy atom. The predicted octanol–water partition coefficient (Wildman–Crippen LogP) is 3.78. The van der Waals surface area contributed by atoms with Crippen LogP contribution in [0.4, 0.5) is 5.82 Å². The molecule has 4 rings (SSSR count). The molecule has 0 radical (unpaired) electrons. The molecule has 0 unspecified atom stereocenters. The first-order valence-electron chi connectivity index (χ1n) is 7.51. The summed E-state index contributed by atoms with van der Waals surface area (Å²) in [6.07, 6.45) is 4.19. The van der Waals surface area contributed by atoms with Gasteiger partial charge in [0.1, 0.15) is 11.5 Å². The maximum absolute atomic E-state index is 4.69. The van der Waals surface area contributed by atoms with E-state index >= 15 is 0 Å². The SMILES string of the molecule is c1ccc(-c2cc(NC3CC3)nc(-c3ccccn3)n2)cc1. The Morgan fingerprint density at radius 2 is 1.68 bits per heavy atom. The zero-order chi connectivity index (χ0) is 14.8. The molecular weight excluding hydrogens is 272 g/mol. The third-order valence-electron chi connectivity index (χ3n) is 3.62. The first-order valence-corrected chi connectivity index (χ1v) is 7.51. The summed E-state index contributed by atoms with van der Waals surface area (Å²) in [5.74, 6) is 1.53. The zero-order valence-corrected chi connectivity index (χ0v) is 12.1. The van der Waals surface area contributed by atoms with Crippen LogP contribution in [0.25, 0.3) is 22.8 Å². The maximum Gasteiger partial charge on any atom is 0.180 e. The van der Waals surface area contributed by atoms with Crippen molar-refractivity contribution in [1.29, 1.82) is 0 Å². The van der Waals surface area contributed by atoms with Gasteiger partial charge >= 0.3 is 0 Å². The molecule has 0 bridgehead atoms. The fourth-order valence-corrected chi connectivity index (χ4v) is 2.32. The number of hydrogen-bond acceptors (Lipinski definition) is 4. The van der Waals surface area contributed by atoms with Gasteiger partial charge in [0.2, 0.25) is 0 Å². The highest BCUT2D eigenvalue weighted by atomic mass is 15.1. The van der Waals surface area contributed by atoms with Gasteiger partial charge in [-0.1, -0.05) is 36.4 Å². The molecule has 108 valence electrons. The van der Waals surface area contributed by atoms with E-state index < -0.39 is 0 Å². The molecule has 0 spiro atoms. The fourth-order valence-electron chi connectivity index (χ4n) is 2.32. The molecule has 1 N–H and O–H groups in total. The third kappa shape index (κ3) is 2.81. The Labute approximate surface area is 129 Å². The summed E-state index contributed by atoms with van der Waals surface area (Å²) < 4.78 is 0. The van der Waals surface area contributed by atoms with E-state index in [1.807, 2.05) is 42.5 Å². The molecule has 1 saturated carbocycles. The van der Waals surface area contributed by atoms with Gasteiger partial charge in [0, 0.05) is 23.9 Å². The smallest absolute Gasteiger partial charge is 0.180 e. The molecule has 4 heteroatoms. The van der Waals surface area contributed by atoms with Crippen molar-refractivity contribution in [3.63, 3.8) is 0 Å². The Kier molecular flexibility index (Phi) is 3.27. The molecular formula is C18H16N4. The van der Waals surface area contributed by atoms with Gasteiger partial charge in [0.05, 0.1) is 5.69 Å². The molecule has 1 aliphatic carbocycles. The summed E-state index contributed by atoms with van der Waals surface area (Å²) in [7, 11) is 0. The van der Waals surface area contributed by atoms with Crippen molar-refractivity contribution in [2.24, 2.45) is 0 Å². The minimum Gasteiger partial charge on any atom is -0.367 e. The number of anilines is 1. The van der Waals surface area contributed by atoms with Crippen LogP contribution in [-0.2, 0) is 0 Å². The van der Waals surface area contributed by atoms with Gasteiger partial charge in [-0.3, -0.25) is 4.98 Å². The average molecular weight is 288 g/mol. The molecule has 22 heavy (non-hydrogen) atoms. The molecule has 0 saturated heterocycles. The van der Waals surface area contributed by atoms with Crippen molar-refractivity contribution in [1.82, 2.24) is 15.0 Å². The van der Waals surface area contributed by atoms with Crippen LogP contribution in [0.1, 0.15) is 12.8 Å². The van der Waals surface area contributed by atoms with E-state index in [0.717, 1.165) is 22.8 Å². The van der Waals surface area contributed by atoms with Crippen molar-refractivity contribution in [3.8, 4) is 22.8 Å². The molecule has 3 aromatic rings. The van der Waals surface area contributed by atoms with Gasteiger partial charge in [0.15, 0.2) is 5.82 Å². The molecule has 2 heterocycles. The van der Waals surface area contributed by atoms with Crippen LogP contribution in [-0.4, -0.2) is 21.0 Å². The van der Waals surface area contributed by atoms with Gasteiger partial charge in [0.25, 0.3) is 0 Å². The number of aromatic nitrogens is 3. The van der Waals surface area contributed by atoms with Crippen LogP contribution < -0.4 is 5.32 Å². The van der Waals surface area contributed by atoms with E-state index in [9.17, 15) is 0 Å².